The second-order valence-corrected chi connectivity index (χ2v) is 12.2. The predicted molar refractivity (Wildman–Crippen MR) is 83.9 cm³/mol. The van der Waals surface area contributed by atoms with Gasteiger partial charge in [0, 0.05) is 0 Å². The number of imidazole rings is 1. The Kier molecular flexibility index (Phi) is 7.75. The van der Waals surface area contributed by atoms with E-state index in [2.05, 4.69) is 24.0 Å². The normalized spacial score (nSPS) is 16.5. The van der Waals surface area contributed by atoms with Crippen LogP contribution in [0.2, 0.25) is 0 Å². The van der Waals surface area contributed by atoms with Gasteiger partial charge in [-0.1, -0.05) is 0 Å². The molecular formula is C14H13F17N3P. The molecule has 1 aromatic rings. The maximum atomic E-state index is 14.5. The molecule has 0 saturated heterocycles. The maximum absolute atomic E-state index is 14.5. The van der Waals surface area contributed by atoms with Gasteiger partial charge in [-0.15, -0.1) is 0 Å². The summed E-state index contributed by atoms with van der Waals surface area (Å²) in [5.74, 6) is 0. The van der Waals surface area contributed by atoms with Crippen molar-refractivity contribution < 1.29 is 78.8 Å². The topological polar surface area (TPSA) is 32.6 Å². The van der Waals surface area contributed by atoms with Crippen molar-refractivity contribution >= 4 is 6.57 Å². The van der Waals surface area contributed by atoms with Crippen molar-refractivity contribution in [3.63, 3.8) is 0 Å². The van der Waals surface area contributed by atoms with Crippen LogP contribution < -0.4 is 4.57 Å². The van der Waals surface area contributed by atoms with Crippen molar-refractivity contribution in [2.24, 2.45) is 7.05 Å². The molecule has 0 aliphatic carbocycles. The Morgan fingerprint density at radius 1 is 0.743 bits per heavy atom. The van der Waals surface area contributed by atoms with E-state index < -0.39 is 54.3 Å². The number of nitriles is 1. The van der Waals surface area contributed by atoms with E-state index in [4.69, 9.17) is 5.26 Å². The van der Waals surface area contributed by atoms with Crippen LogP contribution in [-0.4, -0.2) is 46.2 Å². The van der Waals surface area contributed by atoms with Crippen molar-refractivity contribution in [1.29, 1.82) is 5.26 Å². The summed E-state index contributed by atoms with van der Waals surface area (Å²) < 4.78 is 224. The van der Waals surface area contributed by atoms with E-state index >= 15 is 0 Å². The van der Waals surface area contributed by atoms with E-state index in [1.807, 2.05) is 17.8 Å². The Hall–Kier alpha value is -2.06. The molecule has 0 amide bonds. The monoisotopic (exact) mass is 577 g/mol. The van der Waals surface area contributed by atoms with Gasteiger partial charge in [0.25, 0.3) is 0 Å². The van der Waals surface area contributed by atoms with Crippen molar-refractivity contribution in [2.75, 3.05) is 6.16 Å². The first-order chi connectivity index (χ1) is 15.0. The third kappa shape index (κ3) is 3.79. The number of halogens is 17. The first-order valence-electron chi connectivity index (χ1n) is 8.32. The summed E-state index contributed by atoms with van der Waals surface area (Å²) in [6.07, 6.45) is -24.4. The van der Waals surface area contributed by atoms with E-state index in [9.17, 15) is 74.3 Å². The zero-order valence-electron chi connectivity index (χ0n) is 16.9. The molecule has 35 heavy (non-hydrogen) atoms. The van der Waals surface area contributed by atoms with Gasteiger partial charge in [0.1, 0.15) is 12.4 Å². The van der Waals surface area contributed by atoms with Gasteiger partial charge in [0.2, 0.25) is 6.33 Å². The zero-order valence-corrected chi connectivity index (χ0v) is 17.8. The minimum atomic E-state index is -13.9. The van der Waals surface area contributed by atoms with Gasteiger partial charge >= 0.3 is 134 Å². The van der Waals surface area contributed by atoms with Crippen LogP contribution in [0.25, 0.3) is 0 Å². The molecule has 0 aliphatic heterocycles. The van der Waals surface area contributed by atoms with Gasteiger partial charge in [-0.25, -0.2) is 9.13 Å². The quantitative estimate of drug-likeness (QED) is 0.208. The molecule has 0 N–H and O–H groups in total. The molecule has 1 heterocycles. The van der Waals surface area contributed by atoms with Gasteiger partial charge < -0.3 is 0 Å². The summed E-state index contributed by atoms with van der Waals surface area (Å²) in [4.78, 5) is 0. The standard InChI is InChI=1S/C8H2F17NP.C6H11N2/c9-3(10,11)6(18,19)27(24,25,2-1-26,7(20,21)4(12,13)14)8(22,23)5(15,16)17;1-3-8-5-4-7(2)6-8/h2H2;4-6H,3H2,1-2H3/q-1;+1. The molecule has 1 aromatic heterocycles. The summed E-state index contributed by atoms with van der Waals surface area (Å²) in [7, 11) is 2.02. The summed E-state index contributed by atoms with van der Waals surface area (Å²) >= 11 is 0. The second kappa shape index (κ2) is 8.23. The third-order valence-corrected chi connectivity index (χ3v) is 10.5. The molecule has 0 unspecified atom stereocenters. The molecule has 3 nitrogen and oxygen atoms in total. The molecule has 0 saturated carbocycles. The molecule has 0 aromatic carbocycles. The van der Waals surface area contributed by atoms with Crippen molar-refractivity contribution in [2.45, 2.75) is 49.0 Å². The second-order valence-electron chi connectivity index (χ2n) is 6.96. The Bertz CT molecular complexity index is 886. The van der Waals surface area contributed by atoms with Crippen molar-refractivity contribution in [1.82, 2.24) is 4.57 Å². The molecular weight excluding hydrogens is 564 g/mol. The molecule has 0 bridgehead atoms. The van der Waals surface area contributed by atoms with Crippen molar-refractivity contribution in [3.05, 3.63) is 18.7 Å². The van der Waals surface area contributed by atoms with Crippen LogP contribution in [-0.2, 0) is 13.6 Å². The first-order valence-corrected chi connectivity index (χ1v) is 11.0. The fraction of sp³-hybridized carbons (Fsp3) is 0.714. The molecule has 0 spiro atoms. The van der Waals surface area contributed by atoms with Crippen LogP contribution in [0, 0.1) is 11.3 Å². The van der Waals surface area contributed by atoms with Crippen molar-refractivity contribution in [3.8, 4) is 6.07 Å². The van der Waals surface area contributed by atoms with Gasteiger partial charge in [0.05, 0.1) is 13.6 Å². The van der Waals surface area contributed by atoms with Crippen LogP contribution in [0.1, 0.15) is 6.92 Å². The minimum absolute atomic E-state index is 0.905. The molecule has 21 heteroatoms. The number of hydrogen-bond acceptors (Lipinski definition) is 1. The summed E-state index contributed by atoms with van der Waals surface area (Å²) in [6.45, 7) is -10.8. The average Bonchev–Trinajstić information content (AvgIpc) is 3.05. The SMILES string of the molecule is CCn1cc[n+](C)c1.N#CC[P-](F)(F)(C(F)(F)C(F)(F)F)(C(F)(F)C(F)(F)F)C(F)(F)C(F)(F)F. The summed E-state index contributed by atoms with van der Waals surface area (Å²) in [5, 5.41) is 7.82. The van der Waals surface area contributed by atoms with Crippen LogP contribution in [0.5, 0.6) is 0 Å². The van der Waals surface area contributed by atoms with Gasteiger partial charge in [-0.3, -0.25) is 0 Å². The zero-order chi connectivity index (χ0) is 28.8. The Morgan fingerprint density at radius 3 is 1.20 bits per heavy atom. The number of hydrogen-bond donors (Lipinski definition) is 0. The first kappa shape index (κ1) is 32.9. The third-order valence-electron chi connectivity index (χ3n) is 4.71. The van der Waals surface area contributed by atoms with Crippen LogP contribution in [0.15, 0.2) is 18.7 Å². The predicted octanol–water partition coefficient (Wildman–Crippen LogP) is 7.17. The van der Waals surface area contributed by atoms with Crippen LogP contribution in [0.3, 0.4) is 0 Å². The Balaban J connectivity index is 0.00000121. The van der Waals surface area contributed by atoms with Gasteiger partial charge in [0.15, 0.2) is 0 Å². The fourth-order valence-electron chi connectivity index (χ4n) is 2.61. The Labute approximate surface area is 183 Å². The molecule has 0 aliphatic rings. The molecule has 0 radical (unpaired) electrons. The van der Waals surface area contributed by atoms with E-state index in [-0.39, 0.29) is 0 Å². The summed E-state index contributed by atoms with van der Waals surface area (Å²) in [5.41, 5.74) is -27.9. The molecule has 0 fully saturated rings. The van der Waals surface area contributed by atoms with E-state index in [0.717, 1.165) is 6.54 Å². The van der Waals surface area contributed by atoms with Gasteiger partial charge in [-0.2, -0.15) is 0 Å². The number of aryl methyl sites for hydroxylation is 2. The van der Waals surface area contributed by atoms with Crippen LogP contribution in [0.4, 0.5) is 74.3 Å². The van der Waals surface area contributed by atoms with E-state index in [1.54, 1.807) is 0 Å². The Morgan fingerprint density at radius 2 is 1.06 bits per heavy atom. The number of aromatic nitrogens is 2. The van der Waals surface area contributed by atoms with E-state index in [0.29, 0.717) is 0 Å². The van der Waals surface area contributed by atoms with Crippen LogP contribution >= 0.6 is 6.57 Å². The van der Waals surface area contributed by atoms with E-state index in [1.165, 1.54) is 0 Å². The molecule has 208 valence electrons. The fourth-order valence-corrected chi connectivity index (χ4v) is 6.46. The molecule has 0 atom stereocenters. The van der Waals surface area contributed by atoms with Gasteiger partial charge in [-0.05, 0) is 6.92 Å². The number of rotatable bonds is 5. The summed E-state index contributed by atoms with van der Waals surface area (Å²) in [6, 6.07) is -0.905. The number of nitrogens with zero attached hydrogens (tertiary/aromatic N) is 3. The number of alkyl halides is 15. The average molecular weight is 577 g/mol. The molecule has 1 rings (SSSR count).